The largest absolute Gasteiger partial charge is 0.454 e. The first-order chi connectivity index (χ1) is 8.56. The highest BCUT2D eigenvalue weighted by atomic mass is 79.9. The molecule has 2 aromatic rings. The predicted molar refractivity (Wildman–Crippen MR) is 74.3 cm³/mol. The average molecular weight is 327 g/mol. The van der Waals surface area contributed by atoms with Crippen LogP contribution in [0.25, 0.3) is 0 Å². The van der Waals surface area contributed by atoms with E-state index in [0.717, 1.165) is 4.47 Å². The molecule has 0 spiro atoms. The fourth-order valence-corrected chi connectivity index (χ4v) is 1.74. The van der Waals surface area contributed by atoms with Crippen LogP contribution in [-0.2, 0) is 0 Å². The first-order valence-electron chi connectivity index (χ1n) is 4.95. The lowest BCUT2D eigenvalue weighted by Gasteiger charge is -2.08. The molecule has 0 fully saturated rings. The van der Waals surface area contributed by atoms with E-state index in [2.05, 4.69) is 20.9 Å². The third kappa shape index (κ3) is 3.02. The van der Waals surface area contributed by atoms with E-state index < -0.39 is 5.82 Å². The van der Waals surface area contributed by atoms with Gasteiger partial charge < -0.3 is 10.5 Å². The number of aromatic nitrogens is 1. The monoisotopic (exact) mass is 326 g/mol. The van der Waals surface area contributed by atoms with Gasteiger partial charge in [0.2, 0.25) is 0 Å². The summed E-state index contributed by atoms with van der Waals surface area (Å²) in [5.41, 5.74) is 5.89. The Morgan fingerprint density at radius 2 is 2.11 bits per heavy atom. The molecule has 0 radical (unpaired) electrons. The Kier molecular flexibility index (Phi) is 3.88. The molecule has 3 nitrogen and oxygen atoms in total. The lowest BCUT2D eigenvalue weighted by atomic mass is 10.3. The Morgan fingerprint density at radius 3 is 2.83 bits per heavy atom. The van der Waals surface area contributed by atoms with Crippen molar-refractivity contribution < 1.29 is 9.13 Å². The van der Waals surface area contributed by atoms with Crippen molar-refractivity contribution in [2.75, 3.05) is 0 Å². The van der Waals surface area contributed by atoms with Crippen molar-refractivity contribution in [3.05, 3.63) is 52.5 Å². The van der Waals surface area contributed by atoms with Gasteiger partial charge in [0.15, 0.2) is 11.6 Å². The highest BCUT2D eigenvalue weighted by Gasteiger charge is 2.07. The number of halogens is 2. The number of pyridine rings is 1. The Hall–Kier alpha value is -1.53. The molecule has 0 amide bonds. The van der Waals surface area contributed by atoms with Crippen molar-refractivity contribution in [3.63, 3.8) is 0 Å². The fourth-order valence-electron chi connectivity index (χ4n) is 1.29. The maximum atomic E-state index is 13.5. The first-order valence-corrected chi connectivity index (χ1v) is 6.15. The van der Waals surface area contributed by atoms with Gasteiger partial charge in [-0.15, -0.1) is 0 Å². The number of benzene rings is 1. The van der Waals surface area contributed by atoms with Gasteiger partial charge in [0.05, 0.1) is 0 Å². The summed E-state index contributed by atoms with van der Waals surface area (Å²) in [6.45, 7) is 0. The summed E-state index contributed by atoms with van der Waals surface area (Å²) in [5.74, 6) is 0.0844. The predicted octanol–water partition coefficient (Wildman–Crippen LogP) is 3.41. The van der Waals surface area contributed by atoms with E-state index in [1.165, 1.54) is 18.3 Å². The molecular weight excluding hydrogens is 319 g/mol. The molecule has 1 aromatic heterocycles. The number of rotatable bonds is 3. The molecule has 6 heteroatoms. The van der Waals surface area contributed by atoms with Crippen molar-refractivity contribution in [1.29, 1.82) is 0 Å². The van der Waals surface area contributed by atoms with Crippen LogP contribution in [0.5, 0.6) is 11.5 Å². The molecule has 1 aromatic carbocycles. The summed E-state index contributed by atoms with van der Waals surface area (Å²) in [7, 11) is 0. The minimum Gasteiger partial charge on any atom is -0.454 e. The van der Waals surface area contributed by atoms with Crippen molar-refractivity contribution in [2.24, 2.45) is 5.73 Å². The quantitative estimate of drug-likeness (QED) is 0.878. The normalized spacial score (nSPS) is 10.1. The molecule has 0 saturated heterocycles. The summed E-state index contributed by atoms with van der Waals surface area (Å²) in [4.78, 5) is 4.13. The second kappa shape index (κ2) is 5.41. The van der Waals surface area contributed by atoms with Crippen LogP contribution in [0.2, 0.25) is 0 Å². The summed E-state index contributed by atoms with van der Waals surface area (Å²) in [6, 6.07) is 7.60. The highest BCUT2D eigenvalue weighted by molar-refractivity contribution is 9.10. The second-order valence-electron chi connectivity index (χ2n) is 3.42. The van der Waals surface area contributed by atoms with Gasteiger partial charge in [0.1, 0.15) is 16.4 Å². The van der Waals surface area contributed by atoms with Crippen LogP contribution in [-0.4, -0.2) is 9.97 Å². The number of nitrogens with zero attached hydrogens (tertiary/aromatic N) is 1. The van der Waals surface area contributed by atoms with Gasteiger partial charge in [-0.05, 0) is 24.3 Å². The fraction of sp³-hybridized carbons (Fsp3) is 0. The number of ether oxygens (including phenoxy) is 1. The molecule has 0 aliphatic heterocycles. The van der Waals surface area contributed by atoms with Crippen LogP contribution in [0.15, 0.2) is 41.0 Å². The Balaban J connectivity index is 2.31. The van der Waals surface area contributed by atoms with Gasteiger partial charge >= 0.3 is 0 Å². The van der Waals surface area contributed by atoms with Crippen LogP contribution >= 0.6 is 28.1 Å². The van der Waals surface area contributed by atoms with Crippen molar-refractivity contribution in [3.8, 4) is 11.5 Å². The molecule has 0 unspecified atom stereocenters. The Morgan fingerprint density at radius 1 is 1.33 bits per heavy atom. The maximum absolute atomic E-state index is 13.5. The molecule has 0 bridgehead atoms. The number of hydrogen-bond donors (Lipinski definition) is 1. The molecule has 18 heavy (non-hydrogen) atoms. The molecular formula is C12H8BrFN2OS. The summed E-state index contributed by atoms with van der Waals surface area (Å²) < 4.78 is 19.6. The molecule has 0 aliphatic carbocycles. The third-order valence-electron chi connectivity index (χ3n) is 2.10. The maximum Gasteiger partial charge on any atom is 0.165 e. The molecule has 2 rings (SSSR count). The number of nitrogens with two attached hydrogens (primary N) is 1. The zero-order valence-electron chi connectivity index (χ0n) is 9.06. The summed E-state index contributed by atoms with van der Waals surface area (Å²) in [6.07, 6.45) is 1.50. The average Bonchev–Trinajstić information content (AvgIpc) is 2.34. The standard InChI is InChI=1S/C12H8BrFN2OS/c13-7-1-2-9(14)11(5-7)17-8-3-4-16-10(6-8)12(15)18/h1-6H,(H2,15,18). The van der Waals surface area contributed by atoms with Crippen LogP contribution in [0.4, 0.5) is 4.39 Å². The highest BCUT2D eigenvalue weighted by Crippen LogP contribution is 2.27. The smallest absolute Gasteiger partial charge is 0.165 e. The minimum absolute atomic E-state index is 0.115. The molecule has 92 valence electrons. The Labute approximate surface area is 117 Å². The molecule has 0 aliphatic rings. The molecule has 0 atom stereocenters. The second-order valence-corrected chi connectivity index (χ2v) is 4.77. The zero-order chi connectivity index (χ0) is 13.1. The van der Waals surface area contributed by atoms with E-state index in [4.69, 9.17) is 22.7 Å². The molecule has 0 saturated carbocycles. The lowest BCUT2D eigenvalue weighted by molar-refractivity contribution is 0.441. The van der Waals surface area contributed by atoms with Crippen LogP contribution in [0, 0.1) is 5.82 Å². The first kappa shape index (κ1) is 12.9. The summed E-state index contributed by atoms with van der Waals surface area (Å²) in [5, 5.41) is 0. The van der Waals surface area contributed by atoms with Crippen molar-refractivity contribution in [2.45, 2.75) is 0 Å². The van der Waals surface area contributed by atoms with Crippen molar-refractivity contribution >= 4 is 33.1 Å². The zero-order valence-corrected chi connectivity index (χ0v) is 11.5. The van der Waals surface area contributed by atoms with Gasteiger partial charge in [0, 0.05) is 16.7 Å². The lowest BCUT2D eigenvalue weighted by Crippen LogP contribution is -2.11. The van der Waals surface area contributed by atoms with Crippen LogP contribution in [0.1, 0.15) is 5.69 Å². The van der Waals surface area contributed by atoms with Gasteiger partial charge in [-0.1, -0.05) is 28.1 Å². The Bertz CT molecular complexity index is 606. The van der Waals surface area contributed by atoms with E-state index in [1.807, 2.05) is 0 Å². The van der Waals surface area contributed by atoms with E-state index in [1.54, 1.807) is 18.2 Å². The van der Waals surface area contributed by atoms with E-state index in [9.17, 15) is 4.39 Å². The van der Waals surface area contributed by atoms with Gasteiger partial charge in [-0.3, -0.25) is 4.98 Å². The van der Waals surface area contributed by atoms with Crippen LogP contribution in [0.3, 0.4) is 0 Å². The van der Waals surface area contributed by atoms with Crippen LogP contribution < -0.4 is 10.5 Å². The van der Waals surface area contributed by atoms with Gasteiger partial charge in [-0.2, -0.15) is 0 Å². The van der Waals surface area contributed by atoms with E-state index >= 15 is 0 Å². The van der Waals surface area contributed by atoms with E-state index in [0.29, 0.717) is 11.4 Å². The molecule has 1 heterocycles. The van der Waals surface area contributed by atoms with Gasteiger partial charge in [0.25, 0.3) is 0 Å². The summed E-state index contributed by atoms with van der Waals surface area (Å²) >= 11 is 8.06. The number of thiocarbonyl (C=S) groups is 1. The third-order valence-corrected chi connectivity index (χ3v) is 2.81. The molecule has 2 N–H and O–H groups in total. The van der Waals surface area contributed by atoms with E-state index in [-0.39, 0.29) is 10.7 Å². The topological polar surface area (TPSA) is 48.1 Å². The van der Waals surface area contributed by atoms with Crippen molar-refractivity contribution in [1.82, 2.24) is 4.98 Å². The van der Waals surface area contributed by atoms with Gasteiger partial charge in [-0.25, -0.2) is 4.39 Å². The minimum atomic E-state index is -0.452. The number of hydrogen-bond acceptors (Lipinski definition) is 3. The SMILES string of the molecule is NC(=S)c1cc(Oc2cc(Br)ccc2F)ccn1.